The van der Waals surface area contributed by atoms with Gasteiger partial charge in [0.05, 0.1) is 10.7 Å². The Bertz CT molecular complexity index is 448. The molecule has 1 saturated heterocycles. The normalized spacial score (nSPS) is 24.6. The molecule has 2 heterocycles. The van der Waals surface area contributed by atoms with Crippen LogP contribution in [-0.4, -0.2) is 40.6 Å². The molecule has 0 bridgehead atoms. The van der Waals surface area contributed by atoms with Gasteiger partial charge in [-0.15, -0.1) is 11.3 Å². The number of aromatic nitrogens is 1. The zero-order valence-electron chi connectivity index (χ0n) is 11.8. The topological polar surface area (TPSA) is 53.4 Å². The molecule has 0 amide bonds. The third kappa shape index (κ3) is 3.76. The lowest BCUT2D eigenvalue weighted by molar-refractivity contribution is 0.0701. The first-order valence-corrected chi connectivity index (χ1v) is 7.69. The lowest BCUT2D eigenvalue weighted by Gasteiger charge is -2.34. The zero-order valence-corrected chi connectivity index (χ0v) is 12.7. The Labute approximate surface area is 118 Å². The van der Waals surface area contributed by atoms with Crippen LogP contribution in [0.1, 0.15) is 40.6 Å². The summed E-state index contributed by atoms with van der Waals surface area (Å²) < 4.78 is 0. The minimum atomic E-state index is -0.860. The van der Waals surface area contributed by atoms with Crippen LogP contribution in [0.4, 0.5) is 0 Å². The van der Waals surface area contributed by atoms with E-state index >= 15 is 0 Å². The molecule has 0 aromatic carbocycles. The molecule has 5 heteroatoms. The summed E-state index contributed by atoms with van der Waals surface area (Å²) in [5.74, 6) is 0.661. The number of rotatable bonds is 4. The first-order chi connectivity index (χ1) is 8.95. The number of nitrogens with zero attached hydrogens (tertiary/aromatic N) is 2. The maximum absolute atomic E-state index is 11.0. The molecule has 4 nitrogen and oxygen atoms in total. The standard InChI is InChI=1S/C14H22N2O2S/c1-9-6-10(2)8-16(7-9)5-4-12-15-11(3)13(19-12)14(17)18/h9-10H,4-8H2,1-3H3,(H,17,18). The summed E-state index contributed by atoms with van der Waals surface area (Å²) in [5, 5.41) is 9.97. The molecular weight excluding hydrogens is 260 g/mol. The summed E-state index contributed by atoms with van der Waals surface area (Å²) in [4.78, 5) is 18.2. The monoisotopic (exact) mass is 282 g/mol. The fourth-order valence-electron chi connectivity index (χ4n) is 2.99. The van der Waals surface area contributed by atoms with E-state index in [1.165, 1.54) is 17.8 Å². The Morgan fingerprint density at radius 3 is 2.58 bits per heavy atom. The van der Waals surface area contributed by atoms with Crippen molar-refractivity contribution in [2.24, 2.45) is 11.8 Å². The fraction of sp³-hybridized carbons (Fsp3) is 0.714. The number of piperidine rings is 1. The van der Waals surface area contributed by atoms with Gasteiger partial charge in [-0.05, 0) is 25.2 Å². The summed E-state index contributed by atoms with van der Waals surface area (Å²) in [5.41, 5.74) is 0.646. The van der Waals surface area contributed by atoms with E-state index < -0.39 is 5.97 Å². The van der Waals surface area contributed by atoms with E-state index in [0.29, 0.717) is 10.6 Å². The van der Waals surface area contributed by atoms with Gasteiger partial charge in [0.1, 0.15) is 4.88 Å². The predicted molar refractivity (Wildman–Crippen MR) is 76.9 cm³/mol. The number of hydrogen-bond donors (Lipinski definition) is 1. The first-order valence-electron chi connectivity index (χ1n) is 6.87. The van der Waals surface area contributed by atoms with Crippen molar-refractivity contribution in [3.63, 3.8) is 0 Å². The van der Waals surface area contributed by atoms with Crippen LogP contribution in [0.3, 0.4) is 0 Å². The molecule has 1 aliphatic heterocycles. The minimum absolute atomic E-state index is 0.385. The van der Waals surface area contributed by atoms with Crippen LogP contribution in [0, 0.1) is 18.8 Å². The van der Waals surface area contributed by atoms with Gasteiger partial charge in [-0.2, -0.15) is 0 Å². The van der Waals surface area contributed by atoms with Crippen molar-refractivity contribution in [1.82, 2.24) is 9.88 Å². The van der Waals surface area contributed by atoms with Crippen molar-refractivity contribution in [3.05, 3.63) is 15.6 Å². The lowest BCUT2D eigenvalue weighted by atomic mass is 9.92. The molecule has 1 N–H and O–H groups in total. The number of likely N-dealkylation sites (tertiary alicyclic amines) is 1. The van der Waals surface area contributed by atoms with Crippen molar-refractivity contribution in [1.29, 1.82) is 0 Å². The smallest absolute Gasteiger partial charge is 0.347 e. The second kappa shape index (κ2) is 6.01. The van der Waals surface area contributed by atoms with Crippen LogP contribution < -0.4 is 0 Å². The maximum Gasteiger partial charge on any atom is 0.347 e. The summed E-state index contributed by atoms with van der Waals surface area (Å²) in [6, 6.07) is 0. The minimum Gasteiger partial charge on any atom is -0.477 e. The number of aromatic carboxylic acids is 1. The number of carbonyl (C=O) groups is 1. The molecule has 2 rings (SSSR count). The number of thiazole rings is 1. The molecule has 2 unspecified atom stereocenters. The van der Waals surface area contributed by atoms with Gasteiger partial charge in [-0.25, -0.2) is 9.78 Å². The van der Waals surface area contributed by atoms with E-state index in [9.17, 15) is 4.79 Å². The highest BCUT2D eigenvalue weighted by molar-refractivity contribution is 7.13. The average Bonchev–Trinajstić information content (AvgIpc) is 2.67. The predicted octanol–water partition coefficient (Wildman–Crippen LogP) is 2.67. The van der Waals surface area contributed by atoms with Crippen LogP contribution in [-0.2, 0) is 6.42 Å². The van der Waals surface area contributed by atoms with Crippen molar-refractivity contribution in [3.8, 4) is 0 Å². The van der Waals surface area contributed by atoms with Crippen LogP contribution in [0.5, 0.6) is 0 Å². The Balaban J connectivity index is 1.91. The van der Waals surface area contributed by atoms with Gasteiger partial charge in [-0.1, -0.05) is 13.8 Å². The molecule has 1 aliphatic rings. The highest BCUT2D eigenvalue weighted by atomic mass is 32.1. The maximum atomic E-state index is 11.0. The van der Waals surface area contributed by atoms with Crippen molar-refractivity contribution >= 4 is 17.3 Å². The molecule has 0 saturated carbocycles. The molecule has 1 fully saturated rings. The molecule has 1 aromatic heterocycles. The van der Waals surface area contributed by atoms with E-state index in [1.54, 1.807) is 6.92 Å². The Morgan fingerprint density at radius 2 is 2.05 bits per heavy atom. The van der Waals surface area contributed by atoms with E-state index in [4.69, 9.17) is 5.11 Å². The van der Waals surface area contributed by atoms with Crippen LogP contribution in [0.25, 0.3) is 0 Å². The van der Waals surface area contributed by atoms with E-state index in [2.05, 4.69) is 23.7 Å². The summed E-state index contributed by atoms with van der Waals surface area (Å²) >= 11 is 1.32. The third-order valence-corrected chi connectivity index (χ3v) is 4.83. The second-order valence-electron chi connectivity index (χ2n) is 5.78. The first kappa shape index (κ1) is 14.5. The van der Waals surface area contributed by atoms with Gasteiger partial charge in [0.2, 0.25) is 0 Å². The summed E-state index contributed by atoms with van der Waals surface area (Å²) in [6.45, 7) is 9.67. The highest BCUT2D eigenvalue weighted by Crippen LogP contribution is 2.22. The average molecular weight is 282 g/mol. The van der Waals surface area contributed by atoms with E-state index in [0.717, 1.165) is 42.9 Å². The largest absolute Gasteiger partial charge is 0.477 e. The quantitative estimate of drug-likeness (QED) is 0.922. The molecular formula is C14H22N2O2S. The number of carboxylic acid groups (broad SMARTS) is 1. The Hall–Kier alpha value is -0.940. The Kier molecular flexibility index (Phi) is 4.58. The molecule has 0 radical (unpaired) electrons. The van der Waals surface area contributed by atoms with Gasteiger partial charge in [-0.3, -0.25) is 0 Å². The van der Waals surface area contributed by atoms with Crippen molar-refractivity contribution in [2.45, 2.75) is 33.6 Å². The molecule has 1 aromatic rings. The van der Waals surface area contributed by atoms with Crippen LogP contribution in [0.2, 0.25) is 0 Å². The van der Waals surface area contributed by atoms with E-state index in [1.807, 2.05) is 0 Å². The lowest BCUT2D eigenvalue weighted by Crippen LogP contribution is -2.39. The van der Waals surface area contributed by atoms with Gasteiger partial charge >= 0.3 is 5.97 Å². The number of hydrogen-bond acceptors (Lipinski definition) is 4. The third-order valence-electron chi connectivity index (χ3n) is 3.62. The zero-order chi connectivity index (χ0) is 14.0. The summed E-state index contributed by atoms with van der Waals surface area (Å²) in [7, 11) is 0. The van der Waals surface area contributed by atoms with Gasteiger partial charge in [0.25, 0.3) is 0 Å². The fourth-order valence-corrected chi connectivity index (χ4v) is 3.88. The second-order valence-corrected chi connectivity index (χ2v) is 6.87. The highest BCUT2D eigenvalue weighted by Gasteiger charge is 2.22. The molecule has 19 heavy (non-hydrogen) atoms. The molecule has 2 atom stereocenters. The number of carboxylic acids is 1. The van der Waals surface area contributed by atoms with Crippen LogP contribution in [0.15, 0.2) is 0 Å². The van der Waals surface area contributed by atoms with Gasteiger partial charge in [0.15, 0.2) is 0 Å². The van der Waals surface area contributed by atoms with Crippen molar-refractivity contribution < 1.29 is 9.90 Å². The molecule has 0 aliphatic carbocycles. The van der Waals surface area contributed by atoms with E-state index in [-0.39, 0.29) is 0 Å². The summed E-state index contributed by atoms with van der Waals surface area (Å²) in [6.07, 6.45) is 2.17. The Morgan fingerprint density at radius 1 is 1.42 bits per heavy atom. The molecule has 0 spiro atoms. The van der Waals surface area contributed by atoms with Crippen molar-refractivity contribution in [2.75, 3.05) is 19.6 Å². The van der Waals surface area contributed by atoms with Gasteiger partial charge in [0, 0.05) is 26.1 Å². The molecule has 106 valence electrons. The number of aryl methyl sites for hydroxylation is 1. The SMILES string of the molecule is Cc1nc(CCN2CC(C)CC(C)C2)sc1C(=O)O. The van der Waals surface area contributed by atoms with Gasteiger partial charge < -0.3 is 10.0 Å². The van der Waals surface area contributed by atoms with Crippen LogP contribution >= 0.6 is 11.3 Å².